The van der Waals surface area contributed by atoms with Gasteiger partial charge in [-0.15, -0.1) is 0 Å². The lowest BCUT2D eigenvalue weighted by molar-refractivity contribution is -0.128. The molecule has 2 aromatic carbocycles. The van der Waals surface area contributed by atoms with E-state index in [9.17, 15) is 14.4 Å². The minimum atomic E-state index is -0.724. The van der Waals surface area contributed by atoms with Crippen molar-refractivity contribution in [2.75, 3.05) is 6.79 Å². The summed E-state index contributed by atoms with van der Waals surface area (Å²) in [4.78, 5) is 38.2. The third kappa shape index (κ3) is 4.33. The maximum absolute atomic E-state index is 12.6. The van der Waals surface area contributed by atoms with Gasteiger partial charge in [0, 0.05) is 18.0 Å². The van der Waals surface area contributed by atoms with Crippen molar-refractivity contribution in [2.45, 2.75) is 32.0 Å². The van der Waals surface area contributed by atoms with Crippen LogP contribution in [0, 0.1) is 0 Å². The minimum absolute atomic E-state index is 0.110. The fourth-order valence-corrected chi connectivity index (χ4v) is 3.55. The number of hydrogen-bond donors (Lipinski definition) is 2. The molecule has 2 aliphatic heterocycles. The Morgan fingerprint density at radius 2 is 1.97 bits per heavy atom. The van der Waals surface area contributed by atoms with E-state index in [1.54, 1.807) is 24.3 Å². The zero-order chi connectivity index (χ0) is 21.1. The summed E-state index contributed by atoms with van der Waals surface area (Å²) in [5, 5.41) is 6.00. The first-order chi connectivity index (χ1) is 14.5. The van der Waals surface area contributed by atoms with Gasteiger partial charge in [-0.25, -0.2) is 4.79 Å². The molecule has 30 heavy (non-hydrogen) atoms. The summed E-state index contributed by atoms with van der Waals surface area (Å²) in [6.45, 7) is 0.582. The van der Waals surface area contributed by atoms with Crippen molar-refractivity contribution in [3.05, 3.63) is 58.6 Å². The molecular formula is C21H20ClN3O5. The number of rotatable bonds is 7. The number of nitrogens with zero attached hydrogens (tertiary/aromatic N) is 1. The summed E-state index contributed by atoms with van der Waals surface area (Å²) in [7, 11) is 0. The van der Waals surface area contributed by atoms with Gasteiger partial charge in [0.25, 0.3) is 5.91 Å². The summed E-state index contributed by atoms with van der Waals surface area (Å²) in [6, 6.07) is 11.3. The summed E-state index contributed by atoms with van der Waals surface area (Å²) in [6.07, 6.45) is 0.329. The zero-order valence-electron chi connectivity index (χ0n) is 16.0. The quantitative estimate of drug-likeness (QED) is 0.659. The number of hydrogen-bond acceptors (Lipinski definition) is 5. The largest absolute Gasteiger partial charge is 0.454 e. The number of carbonyl (C=O) groups excluding carboxylic acids is 3. The van der Waals surface area contributed by atoms with Crippen LogP contribution in [0.2, 0.25) is 5.02 Å². The van der Waals surface area contributed by atoms with E-state index >= 15 is 0 Å². The van der Waals surface area contributed by atoms with E-state index in [0.717, 1.165) is 16.0 Å². The minimum Gasteiger partial charge on any atom is -0.454 e. The maximum atomic E-state index is 12.6. The summed E-state index contributed by atoms with van der Waals surface area (Å²) >= 11 is 6.07. The molecule has 0 unspecified atom stereocenters. The van der Waals surface area contributed by atoms with Gasteiger partial charge in [0.2, 0.25) is 12.7 Å². The number of imide groups is 1. The first kappa shape index (κ1) is 20.0. The molecule has 0 radical (unpaired) electrons. The van der Waals surface area contributed by atoms with Gasteiger partial charge in [0.05, 0.1) is 6.54 Å². The number of amides is 4. The molecule has 0 spiro atoms. The molecule has 8 nitrogen and oxygen atoms in total. The molecule has 1 atom stereocenters. The van der Waals surface area contributed by atoms with Crippen LogP contribution in [0.15, 0.2) is 42.5 Å². The first-order valence-corrected chi connectivity index (χ1v) is 9.89. The van der Waals surface area contributed by atoms with Crippen molar-refractivity contribution in [3.63, 3.8) is 0 Å². The highest BCUT2D eigenvalue weighted by Gasteiger charge is 2.38. The average molecular weight is 430 g/mol. The smallest absolute Gasteiger partial charge is 0.325 e. The Bertz CT molecular complexity index is 996. The molecule has 0 aromatic heterocycles. The van der Waals surface area contributed by atoms with Crippen LogP contribution in [0.5, 0.6) is 11.5 Å². The van der Waals surface area contributed by atoms with Crippen molar-refractivity contribution in [1.82, 2.24) is 15.5 Å². The molecule has 9 heteroatoms. The molecule has 2 aliphatic rings. The van der Waals surface area contributed by atoms with E-state index in [1.807, 2.05) is 18.2 Å². The molecule has 4 amide bonds. The van der Waals surface area contributed by atoms with Gasteiger partial charge in [0.1, 0.15) is 6.04 Å². The second kappa shape index (κ2) is 8.62. The van der Waals surface area contributed by atoms with E-state index in [-0.39, 0.29) is 38.0 Å². The Morgan fingerprint density at radius 3 is 2.80 bits per heavy atom. The van der Waals surface area contributed by atoms with E-state index in [0.29, 0.717) is 23.1 Å². The second-order valence-electron chi connectivity index (χ2n) is 7.02. The SMILES string of the molecule is O=C(CC[C@@H]1NC(=O)N(Cc2ccc3c(c2)OCO3)C1=O)NCc1ccccc1Cl. The molecule has 1 saturated heterocycles. The van der Waals surface area contributed by atoms with E-state index in [2.05, 4.69) is 10.6 Å². The summed E-state index contributed by atoms with van der Waals surface area (Å²) in [5.74, 6) is 0.658. The molecule has 4 rings (SSSR count). The van der Waals surface area contributed by atoms with E-state index in [4.69, 9.17) is 21.1 Å². The van der Waals surface area contributed by atoms with Gasteiger partial charge < -0.3 is 20.1 Å². The fourth-order valence-electron chi connectivity index (χ4n) is 3.34. The third-order valence-electron chi connectivity index (χ3n) is 4.98. The number of halogens is 1. The molecular weight excluding hydrogens is 410 g/mol. The molecule has 0 aliphatic carbocycles. The number of urea groups is 1. The highest BCUT2D eigenvalue weighted by atomic mass is 35.5. The van der Waals surface area contributed by atoms with Crippen molar-refractivity contribution in [3.8, 4) is 11.5 Å². The maximum Gasteiger partial charge on any atom is 0.325 e. The molecule has 2 aromatic rings. The van der Waals surface area contributed by atoms with Crippen LogP contribution < -0.4 is 20.1 Å². The molecule has 156 valence electrons. The number of carbonyl (C=O) groups is 3. The van der Waals surface area contributed by atoms with Crippen LogP contribution in [-0.4, -0.2) is 35.6 Å². The van der Waals surface area contributed by atoms with Crippen LogP contribution in [0.1, 0.15) is 24.0 Å². The van der Waals surface area contributed by atoms with Crippen molar-refractivity contribution in [2.24, 2.45) is 0 Å². The number of benzene rings is 2. The Morgan fingerprint density at radius 1 is 1.17 bits per heavy atom. The van der Waals surface area contributed by atoms with Crippen LogP contribution in [0.25, 0.3) is 0 Å². The van der Waals surface area contributed by atoms with Crippen LogP contribution in [-0.2, 0) is 22.7 Å². The second-order valence-corrected chi connectivity index (χ2v) is 7.43. The molecule has 2 heterocycles. The Hall–Kier alpha value is -3.26. The third-order valence-corrected chi connectivity index (χ3v) is 5.35. The number of nitrogens with one attached hydrogen (secondary N) is 2. The normalized spacial score (nSPS) is 17.2. The van der Waals surface area contributed by atoms with Gasteiger partial charge in [-0.3, -0.25) is 14.5 Å². The van der Waals surface area contributed by atoms with Gasteiger partial charge in [-0.2, -0.15) is 0 Å². The predicted octanol–water partition coefficient (Wildman–Crippen LogP) is 2.59. The lowest BCUT2D eigenvalue weighted by atomic mass is 10.1. The lowest BCUT2D eigenvalue weighted by Crippen LogP contribution is -2.32. The Kier molecular flexibility index (Phi) is 5.76. The summed E-state index contributed by atoms with van der Waals surface area (Å²) in [5.41, 5.74) is 1.56. The van der Waals surface area contributed by atoms with Crippen molar-refractivity contribution < 1.29 is 23.9 Å². The number of fused-ring (bicyclic) bond motifs is 1. The van der Waals surface area contributed by atoms with Crippen molar-refractivity contribution in [1.29, 1.82) is 0 Å². The van der Waals surface area contributed by atoms with Gasteiger partial charge >= 0.3 is 6.03 Å². The van der Waals surface area contributed by atoms with E-state index in [1.165, 1.54) is 0 Å². The molecule has 2 N–H and O–H groups in total. The predicted molar refractivity (Wildman–Crippen MR) is 108 cm³/mol. The summed E-state index contributed by atoms with van der Waals surface area (Å²) < 4.78 is 10.6. The van der Waals surface area contributed by atoms with Gasteiger partial charge in [-0.05, 0) is 35.7 Å². The first-order valence-electron chi connectivity index (χ1n) is 9.52. The van der Waals surface area contributed by atoms with Crippen LogP contribution in [0.3, 0.4) is 0 Å². The monoisotopic (exact) mass is 429 g/mol. The van der Waals surface area contributed by atoms with Crippen LogP contribution >= 0.6 is 11.6 Å². The number of ether oxygens (including phenoxy) is 2. The van der Waals surface area contributed by atoms with E-state index < -0.39 is 12.1 Å². The van der Waals surface area contributed by atoms with Gasteiger partial charge in [-0.1, -0.05) is 35.9 Å². The molecule has 0 saturated carbocycles. The molecule has 1 fully saturated rings. The topological polar surface area (TPSA) is 97.0 Å². The standard InChI is InChI=1S/C21H20ClN3O5/c22-15-4-2-1-3-14(15)10-23-19(26)8-6-16-20(27)25(21(28)24-16)11-13-5-7-17-18(9-13)30-12-29-17/h1-5,7,9,16H,6,8,10-12H2,(H,23,26)(H,24,28)/t16-/m0/s1. The highest BCUT2D eigenvalue weighted by molar-refractivity contribution is 6.31. The Balaban J connectivity index is 1.28. The van der Waals surface area contributed by atoms with Gasteiger partial charge in [0.15, 0.2) is 11.5 Å². The van der Waals surface area contributed by atoms with Crippen LogP contribution in [0.4, 0.5) is 4.79 Å². The highest BCUT2D eigenvalue weighted by Crippen LogP contribution is 2.33. The average Bonchev–Trinajstić information content (AvgIpc) is 3.31. The Labute approximate surface area is 178 Å². The zero-order valence-corrected chi connectivity index (χ0v) is 16.8. The fraction of sp³-hybridized carbons (Fsp3) is 0.286. The molecule has 0 bridgehead atoms. The lowest BCUT2D eigenvalue weighted by Gasteiger charge is -2.13. The van der Waals surface area contributed by atoms with Crippen molar-refractivity contribution >= 4 is 29.4 Å².